The Morgan fingerprint density at radius 1 is 0.959 bits per heavy atom. The minimum atomic E-state index is -4.85. The van der Waals surface area contributed by atoms with E-state index in [-0.39, 0.29) is 35.6 Å². The van der Waals surface area contributed by atoms with Gasteiger partial charge in [0.2, 0.25) is 0 Å². The van der Waals surface area contributed by atoms with E-state index in [4.69, 9.17) is 9.47 Å². The van der Waals surface area contributed by atoms with Crippen LogP contribution in [0.1, 0.15) is 45.1 Å². The summed E-state index contributed by atoms with van der Waals surface area (Å²) in [6.07, 6.45) is -7.87. The van der Waals surface area contributed by atoms with E-state index >= 15 is 8.78 Å². The van der Waals surface area contributed by atoms with Gasteiger partial charge in [0.15, 0.2) is 0 Å². The number of amides is 1. The lowest BCUT2D eigenvalue weighted by atomic mass is 9.90. The van der Waals surface area contributed by atoms with Crippen molar-refractivity contribution in [3.8, 4) is 17.0 Å². The zero-order chi connectivity index (χ0) is 35.5. The number of carbonyl (C=O) groups excluding carboxylic acids is 2. The van der Waals surface area contributed by atoms with Crippen molar-refractivity contribution in [1.29, 1.82) is 0 Å². The molecule has 2 heterocycles. The van der Waals surface area contributed by atoms with Crippen LogP contribution in [0.2, 0.25) is 0 Å². The second kappa shape index (κ2) is 14.1. The highest BCUT2D eigenvalue weighted by Crippen LogP contribution is 2.43. The van der Waals surface area contributed by atoms with Gasteiger partial charge in [-0.15, -0.1) is 0 Å². The SMILES string of the molecule is COC(=O)[C@H](Cc1ccc(-c2ncccc2C(F)(F)F)c2c1CCCO2)NC(=O)c1c(F)cc(N[C@H](c2ccccc2)C(F)(F)F)cc1F. The van der Waals surface area contributed by atoms with Gasteiger partial charge in [0.1, 0.15) is 35.0 Å². The standard InChI is InChI=1S/C34H27F8N3O4/c1-48-32(47)26(15-19-11-12-22(29-21(19)9-6-14-49-29)28-23(33(37,38)39)10-5-13-43-28)45-31(46)27-24(35)16-20(17-25(27)36)44-30(34(40,41)42)18-7-3-2-4-8-18/h2-5,7-8,10-13,16-17,26,30,44H,6,9,14-15H2,1H3,(H,45,46)/t26-,30+/m0/s1. The molecule has 0 unspecified atom stereocenters. The Balaban J connectivity index is 1.42. The Bertz CT molecular complexity index is 1820. The summed E-state index contributed by atoms with van der Waals surface area (Å²) < 4.78 is 124. The molecular formula is C34H27F8N3O4. The lowest BCUT2D eigenvalue weighted by molar-refractivity contribution is -0.144. The third kappa shape index (κ3) is 7.76. The molecule has 7 nitrogen and oxygen atoms in total. The lowest BCUT2D eigenvalue weighted by Crippen LogP contribution is -2.43. The van der Waals surface area contributed by atoms with Gasteiger partial charge < -0.3 is 20.1 Å². The van der Waals surface area contributed by atoms with Crippen LogP contribution < -0.4 is 15.4 Å². The normalized spacial score (nSPS) is 14.2. The highest BCUT2D eigenvalue weighted by Gasteiger charge is 2.41. The van der Waals surface area contributed by atoms with Gasteiger partial charge in [0.05, 0.1) is 25.0 Å². The first-order valence-electron chi connectivity index (χ1n) is 14.7. The molecule has 0 saturated heterocycles. The molecule has 15 heteroatoms. The van der Waals surface area contributed by atoms with Gasteiger partial charge in [0, 0.05) is 23.9 Å². The molecule has 49 heavy (non-hydrogen) atoms. The zero-order valence-electron chi connectivity index (χ0n) is 25.5. The molecule has 0 fully saturated rings. The Hall–Kier alpha value is -5.21. The number of aromatic nitrogens is 1. The number of nitrogens with zero attached hydrogens (tertiary/aromatic N) is 1. The van der Waals surface area contributed by atoms with Crippen LogP contribution in [-0.2, 0) is 28.5 Å². The van der Waals surface area contributed by atoms with Crippen molar-refractivity contribution in [3.63, 3.8) is 0 Å². The Labute approximate surface area is 274 Å². The fraction of sp³-hybridized carbons (Fsp3) is 0.265. The Morgan fingerprint density at radius 3 is 2.29 bits per heavy atom. The summed E-state index contributed by atoms with van der Waals surface area (Å²) in [5.74, 6) is -5.33. The number of pyridine rings is 1. The van der Waals surface area contributed by atoms with Crippen LogP contribution >= 0.6 is 0 Å². The average molecular weight is 694 g/mol. The van der Waals surface area contributed by atoms with Gasteiger partial charge in [-0.1, -0.05) is 36.4 Å². The number of halogens is 8. The van der Waals surface area contributed by atoms with Gasteiger partial charge in [-0.05, 0) is 59.9 Å². The van der Waals surface area contributed by atoms with E-state index in [9.17, 15) is 35.9 Å². The van der Waals surface area contributed by atoms with E-state index in [0.29, 0.717) is 36.1 Å². The molecule has 2 atom stereocenters. The molecule has 2 N–H and O–H groups in total. The van der Waals surface area contributed by atoms with Crippen LogP contribution in [0.25, 0.3) is 11.3 Å². The quantitative estimate of drug-likeness (QED) is 0.139. The summed E-state index contributed by atoms with van der Waals surface area (Å²) in [4.78, 5) is 29.8. The molecular weight excluding hydrogens is 666 g/mol. The minimum absolute atomic E-state index is 0.0582. The molecule has 0 aliphatic carbocycles. The third-order valence-corrected chi connectivity index (χ3v) is 7.80. The minimum Gasteiger partial charge on any atom is -0.493 e. The first-order chi connectivity index (χ1) is 23.2. The second-order valence-corrected chi connectivity index (χ2v) is 11.0. The fourth-order valence-electron chi connectivity index (χ4n) is 5.58. The lowest BCUT2D eigenvalue weighted by Gasteiger charge is -2.26. The molecule has 3 aromatic carbocycles. The number of fused-ring (bicyclic) bond motifs is 1. The van der Waals surface area contributed by atoms with Crippen LogP contribution in [-0.4, -0.2) is 42.8 Å². The smallest absolute Gasteiger partial charge is 0.418 e. The first kappa shape index (κ1) is 35.1. The summed E-state index contributed by atoms with van der Waals surface area (Å²) in [6.45, 7) is 0.188. The number of ether oxygens (including phenoxy) is 2. The predicted octanol–water partition coefficient (Wildman–Crippen LogP) is 7.60. The molecule has 4 aromatic rings. The van der Waals surface area contributed by atoms with Crippen LogP contribution in [0.5, 0.6) is 5.75 Å². The van der Waals surface area contributed by atoms with Crippen LogP contribution in [0, 0.1) is 11.6 Å². The van der Waals surface area contributed by atoms with E-state index in [1.54, 1.807) is 0 Å². The molecule has 1 aliphatic heterocycles. The molecule has 5 rings (SSSR count). The largest absolute Gasteiger partial charge is 0.493 e. The third-order valence-electron chi connectivity index (χ3n) is 7.80. The maximum absolute atomic E-state index is 15.2. The van der Waals surface area contributed by atoms with E-state index in [0.717, 1.165) is 19.2 Å². The number of alkyl halides is 6. The van der Waals surface area contributed by atoms with Crippen LogP contribution in [0.15, 0.2) is 72.9 Å². The molecule has 0 radical (unpaired) electrons. The highest BCUT2D eigenvalue weighted by molar-refractivity contribution is 5.97. The van der Waals surface area contributed by atoms with Crippen molar-refractivity contribution in [2.24, 2.45) is 0 Å². The number of rotatable bonds is 9. The summed E-state index contributed by atoms with van der Waals surface area (Å²) in [5, 5.41) is 4.26. The molecule has 258 valence electrons. The Morgan fingerprint density at radius 2 is 1.65 bits per heavy atom. The maximum Gasteiger partial charge on any atom is 0.418 e. The monoisotopic (exact) mass is 693 g/mol. The average Bonchev–Trinajstić information content (AvgIpc) is 3.06. The van der Waals surface area contributed by atoms with Gasteiger partial charge in [-0.25, -0.2) is 13.6 Å². The highest BCUT2D eigenvalue weighted by atomic mass is 19.4. The Kier molecular flexibility index (Phi) is 10.1. The molecule has 1 aliphatic rings. The van der Waals surface area contributed by atoms with Crippen LogP contribution in [0.3, 0.4) is 0 Å². The predicted molar refractivity (Wildman–Crippen MR) is 161 cm³/mol. The van der Waals surface area contributed by atoms with Crippen molar-refractivity contribution in [2.75, 3.05) is 19.0 Å². The number of nitrogens with one attached hydrogen (secondary N) is 2. The molecule has 0 bridgehead atoms. The first-order valence-corrected chi connectivity index (χ1v) is 14.7. The number of esters is 1. The topological polar surface area (TPSA) is 89.6 Å². The fourth-order valence-corrected chi connectivity index (χ4v) is 5.58. The molecule has 0 spiro atoms. The van der Waals surface area contributed by atoms with Crippen molar-refractivity contribution < 1.29 is 54.2 Å². The molecule has 1 aromatic heterocycles. The van der Waals surface area contributed by atoms with Gasteiger partial charge in [0.25, 0.3) is 5.91 Å². The zero-order valence-corrected chi connectivity index (χ0v) is 25.5. The van der Waals surface area contributed by atoms with Gasteiger partial charge in [-0.3, -0.25) is 9.78 Å². The maximum atomic E-state index is 15.2. The molecule has 1 amide bonds. The number of carbonyl (C=O) groups is 2. The summed E-state index contributed by atoms with van der Waals surface area (Å²) in [6, 6.07) is 8.57. The number of anilines is 1. The summed E-state index contributed by atoms with van der Waals surface area (Å²) in [5.41, 5.74) is -2.48. The van der Waals surface area contributed by atoms with Crippen molar-refractivity contribution in [2.45, 2.75) is 43.7 Å². The van der Waals surface area contributed by atoms with Gasteiger partial charge >= 0.3 is 18.3 Å². The number of hydrogen-bond donors (Lipinski definition) is 2. The van der Waals surface area contributed by atoms with E-state index in [1.807, 2.05) is 0 Å². The summed E-state index contributed by atoms with van der Waals surface area (Å²) >= 11 is 0. The van der Waals surface area contributed by atoms with Crippen molar-refractivity contribution in [3.05, 3.63) is 112 Å². The second-order valence-electron chi connectivity index (χ2n) is 11.0. The number of methoxy groups -OCH3 is 1. The van der Waals surface area contributed by atoms with E-state index in [2.05, 4.69) is 15.6 Å². The van der Waals surface area contributed by atoms with Gasteiger partial charge in [-0.2, -0.15) is 26.3 Å². The van der Waals surface area contributed by atoms with Crippen molar-refractivity contribution in [1.82, 2.24) is 10.3 Å². The number of hydrogen-bond acceptors (Lipinski definition) is 6. The van der Waals surface area contributed by atoms with E-state index in [1.165, 1.54) is 48.7 Å². The van der Waals surface area contributed by atoms with E-state index < -0.39 is 64.8 Å². The van der Waals surface area contributed by atoms with Crippen molar-refractivity contribution >= 4 is 17.6 Å². The van der Waals surface area contributed by atoms with Crippen LogP contribution in [0.4, 0.5) is 40.8 Å². The molecule has 0 saturated carbocycles. The summed E-state index contributed by atoms with van der Waals surface area (Å²) in [7, 11) is 1.01. The number of benzene rings is 3.